The van der Waals surface area contributed by atoms with Crippen molar-refractivity contribution in [3.63, 3.8) is 0 Å². The summed E-state index contributed by atoms with van der Waals surface area (Å²) < 4.78 is 0. The lowest BCUT2D eigenvalue weighted by Crippen LogP contribution is -2.62. The zero-order valence-electron chi connectivity index (χ0n) is 15.8. The third-order valence-electron chi connectivity index (χ3n) is 6.00. The van der Waals surface area contributed by atoms with Gasteiger partial charge in [-0.2, -0.15) is 5.10 Å². The lowest BCUT2D eigenvalue weighted by Gasteiger charge is -2.36. The van der Waals surface area contributed by atoms with E-state index in [1.165, 1.54) is 24.3 Å². The van der Waals surface area contributed by atoms with Gasteiger partial charge < -0.3 is 0 Å². The number of imide groups is 2. The number of amides is 5. The number of nitrogens with one attached hydrogen (secondary N) is 2. The van der Waals surface area contributed by atoms with Crippen LogP contribution in [-0.2, 0) is 9.59 Å². The van der Waals surface area contributed by atoms with E-state index < -0.39 is 34.6 Å². The van der Waals surface area contributed by atoms with E-state index in [0.717, 1.165) is 36.8 Å². The van der Waals surface area contributed by atoms with Crippen LogP contribution in [0.4, 0.5) is 10.5 Å². The second kappa shape index (κ2) is 7.65. The molecular formula is C19H19N5O6. The monoisotopic (exact) mass is 413 g/mol. The van der Waals surface area contributed by atoms with E-state index in [1.807, 2.05) is 0 Å². The minimum absolute atomic E-state index is 0.121. The molecule has 2 saturated carbocycles. The molecule has 11 heteroatoms. The van der Waals surface area contributed by atoms with Crippen LogP contribution in [0.2, 0.25) is 0 Å². The van der Waals surface area contributed by atoms with Crippen LogP contribution in [0.1, 0.15) is 36.0 Å². The summed E-state index contributed by atoms with van der Waals surface area (Å²) in [4.78, 5) is 60.6. The van der Waals surface area contributed by atoms with Crippen LogP contribution in [0.15, 0.2) is 29.4 Å². The van der Waals surface area contributed by atoms with Gasteiger partial charge in [-0.1, -0.05) is 6.42 Å². The van der Waals surface area contributed by atoms with Crippen molar-refractivity contribution >= 4 is 35.7 Å². The van der Waals surface area contributed by atoms with Gasteiger partial charge in [0.05, 0.1) is 4.92 Å². The molecule has 5 amide bonds. The van der Waals surface area contributed by atoms with Gasteiger partial charge in [-0.25, -0.2) is 10.2 Å². The van der Waals surface area contributed by atoms with E-state index in [4.69, 9.17) is 0 Å². The number of hydrazone groups is 1. The van der Waals surface area contributed by atoms with Gasteiger partial charge in [-0.3, -0.25) is 34.7 Å². The predicted molar refractivity (Wildman–Crippen MR) is 102 cm³/mol. The third kappa shape index (κ3) is 3.53. The molecule has 0 radical (unpaired) electrons. The first-order valence-electron chi connectivity index (χ1n) is 9.61. The summed E-state index contributed by atoms with van der Waals surface area (Å²) in [5, 5.41) is 16.5. The standard InChI is InChI=1S/C19H19N5O6/c25-16(11-3-5-13(6-4-11)24(29)30)22-20-9-14-17(26)21-19(28)23(18(14)27)15-8-10-1-2-12(15)7-10/h3-6,9-10,12,14-15H,1-2,7-8H2,(H,22,25)(H,21,26,28)/b20-9-/t10-,12-,14+,15+/m0/s1. The third-order valence-corrected chi connectivity index (χ3v) is 6.00. The molecule has 156 valence electrons. The Hall–Kier alpha value is -3.63. The number of hydrogen-bond acceptors (Lipinski definition) is 7. The van der Waals surface area contributed by atoms with Crippen molar-refractivity contribution in [3.8, 4) is 0 Å². The van der Waals surface area contributed by atoms with Crippen LogP contribution in [0.25, 0.3) is 0 Å². The van der Waals surface area contributed by atoms with Gasteiger partial charge in [-0.15, -0.1) is 0 Å². The number of nitro groups is 1. The van der Waals surface area contributed by atoms with Crippen LogP contribution in [-0.4, -0.2) is 45.8 Å². The fourth-order valence-corrected chi connectivity index (χ4v) is 4.55. The van der Waals surface area contributed by atoms with Crippen LogP contribution in [0.3, 0.4) is 0 Å². The number of fused-ring (bicyclic) bond motifs is 2. The number of non-ortho nitro benzene ring substituents is 1. The molecule has 1 heterocycles. The summed E-state index contributed by atoms with van der Waals surface area (Å²) >= 11 is 0. The van der Waals surface area contributed by atoms with Crippen molar-refractivity contribution in [2.45, 2.75) is 31.7 Å². The van der Waals surface area contributed by atoms with Gasteiger partial charge >= 0.3 is 6.03 Å². The summed E-state index contributed by atoms with van der Waals surface area (Å²) in [5.74, 6) is -2.65. The minimum Gasteiger partial charge on any atom is -0.277 e. The Morgan fingerprint density at radius 1 is 1.20 bits per heavy atom. The average molecular weight is 413 g/mol. The predicted octanol–water partition coefficient (Wildman–Crippen LogP) is 1.19. The first-order chi connectivity index (χ1) is 14.3. The normalized spacial score (nSPS) is 28.1. The van der Waals surface area contributed by atoms with E-state index in [1.54, 1.807) is 0 Å². The fraction of sp³-hybridized carbons (Fsp3) is 0.421. The highest BCUT2D eigenvalue weighted by Crippen LogP contribution is 2.47. The molecule has 11 nitrogen and oxygen atoms in total. The van der Waals surface area contributed by atoms with E-state index in [0.29, 0.717) is 5.92 Å². The van der Waals surface area contributed by atoms with E-state index >= 15 is 0 Å². The van der Waals surface area contributed by atoms with Gasteiger partial charge in [0.25, 0.3) is 11.6 Å². The van der Waals surface area contributed by atoms with Gasteiger partial charge in [0, 0.05) is 30.0 Å². The Bertz CT molecular complexity index is 959. The van der Waals surface area contributed by atoms with E-state index in [9.17, 15) is 29.3 Å². The van der Waals surface area contributed by atoms with Gasteiger partial charge in [0.15, 0.2) is 5.92 Å². The number of carbonyl (C=O) groups is 4. The van der Waals surface area contributed by atoms with Gasteiger partial charge in [-0.05, 0) is 43.2 Å². The fourth-order valence-electron chi connectivity index (χ4n) is 4.55. The van der Waals surface area contributed by atoms with Crippen molar-refractivity contribution in [2.75, 3.05) is 0 Å². The van der Waals surface area contributed by atoms with Crippen LogP contribution >= 0.6 is 0 Å². The van der Waals surface area contributed by atoms with Crippen LogP contribution in [0.5, 0.6) is 0 Å². The summed E-state index contributed by atoms with van der Waals surface area (Å²) in [6.45, 7) is 0. The zero-order chi connectivity index (χ0) is 21.4. The second-order valence-corrected chi connectivity index (χ2v) is 7.75. The molecule has 1 aliphatic heterocycles. The topological polar surface area (TPSA) is 151 Å². The molecule has 1 aromatic rings. The van der Waals surface area contributed by atoms with Gasteiger partial charge in [0.2, 0.25) is 11.8 Å². The maximum absolute atomic E-state index is 12.8. The van der Waals surface area contributed by atoms with Crippen LogP contribution < -0.4 is 10.7 Å². The maximum Gasteiger partial charge on any atom is 0.331 e. The number of nitro benzene ring substituents is 1. The molecule has 30 heavy (non-hydrogen) atoms. The molecule has 3 aliphatic rings. The Morgan fingerprint density at radius 2 is 1.93 bits per heavy atom. The summed E-state index contributed by atoms with van der Waals surface area (Å²) in [5.41, 5.74) is 2.14. The Kier molecular flexibility index (Phi) is 5.02. The Labute approximate surface area is 170 Å². The largest absolute Gasteiger partial charge is 0.331 e. The van der Waals surface area contributed by atoms with Crippen molar-refractivity contribution in [1.82, 2.24) is 15.6 Å². The second-order valence-electron chi connectivity index (χ2n) is 7.75. The molecule has 1 aromatic carbocycles. The number of barbiturate groups is 1. The Morgan fingerprint density at radius 3 is 2.53 bits per heavy atom. The molecule has 0 unspecified atom stereocenters. The van der Waals surface area contributed by atoms with E-state index in [2.05, 4.69) is 15.8 Å². The van der Waals surface area contributed by atoms with Crippen molar-refractivity contribution in [1.29, 1.82) is 0 Å². The number of benzene rings is 1. The highest BCUT2D eigenvalue weighted by molar-refractivity contribution is 6.23. The molecule has 4 atom stereocenters. The quantitative estimate of drug-likeness (QED) is 0.320. The Balaban J connectivity index is 1.42. The molecule has 4 rings (SSSR count). The molecule has 3 fully saturated rings. The van der Waals surface area contributed by atoms with Crippen molar-refractivity contribution in [3.05, 3.63) is 39.9 Å². The van der Waals surface area contributed by atoms with E-state index in [-0.39, 0.29) is 23.2 Å². The number of urea groups is 1. The number of nitrogens with zero attached hydrogens (tertiary/aromatic N) is 3. The van der Waals surface area contributed by atoms with Gasteiger partial charge in [0.1, 0.15) is 0 Å². The first kappa shape index (κ1) is 19.7. The SMILES string of the molecule is O=C(N/N=C\[C@@H]1C(=O)NC(=O)N([C@@H]2C[C@H]3CC[C@H]2C3)C1=O)c1ccc([N+](=O)[O-])cc1. The highest BCUT2D eigenvalue weighted by atomic mass is 16.6. The molecule has 1 saturated heterocycles. The van der Waals surface area contributed by atoms with Crippen molar-refractivity contribution in [2.24, 2.45) is 22.9 Å². The number of rotatable bonds is 5. The molecule has 2 N–H and O–H groups in total. The van der Waals surface area contributed by atoms with Crippen molar-refractivity contribution < 1.29 is 24.1 Å². The molecule has 0 spiro atoms. The number of carbonyl (C=O) groups excluding carboxylic acids is 4. The molecular weight excluding hydrogens is 394 g/mol. The maximum atomic E-state index is 12.8. The molecule has 2 aliphatic carbocycles. The summed E-state index contributed by atoms with van der Waals surface area (Å²) in [6.07, 6.45) is 4.79. The lowest BCUT2D eigenvalue weighted by molar-refractivity contribution is -0.384. The molecule has 2 bridgehead atoms. The average Bonchev–Trinajstić information content (AvgIpc) is 3.34. The lowest BCUT2D eigenvalue weighted by atomic mass is 9.92. The molecule has 0 aromatic heterocycles. The highest BCUT2D eigenvalue weighted by Gasteiger charge is 2.50. The van der Waals surface area contributed by atoms with Crippen LogP contribution in [0, 0.1) is 27.9 Å². The first-order valence-corrected chi connectivity index (χ1v) is 9.61. The minimum atomic E-state index is -1.32. The smallest absolute Gasteiger partial charge is 0.277 e. The summed E-state index contributed by atoms with van der Waals surface area (Å²) in [6, 6.07) is 3.95. The summed E-state index contributed by atoms with van der Waals surface area (Å²) in [7, 11) is 0. The number of hydrogen-bond donors (Lipinski definition) is 2. The zero-order valence-corrected chi connectivity index (χ0v) is 15.8.